The highest BCUT2D eigenvalue weighted by Crippen LogP contribution is 2.33. The van der Waals surface area contributed by atoms with Crippen molar-refractivity contribution in [1.82, 2.24) is 4.31 Å². The largest absolute Gasteiger partial charge is 0.573 e. The fourth-order valence-corrected chi connectivity index (χ4v) is 4.84. The van der Waals surface area contributed by atoms with Gasteiger partial charge in [0.15, 0.2) is 11.5 Å². The minimum Gasteiger partial charge on any atom is -0.573 e. The first-order chi connectivity index (χ1) is 16.7. The molecule has 1 aliphatic heterocycles. The summed E-state index contributed by atoms with van der Waals surface area (Å²) in [4.78, 5) is 0. The van der Waals surface area contributed by atoms with Crippen molar-refractivity contribution in [3.63, 3.8) is 0 Å². The molecule has 0 spiro atoms. The zero-order valence-electron chi connectivity index (χ0n) is 18.2. The molecule has 0 aromatic heterocycles. The molecule has 0 amide bonds. The zero-order chi connectivity index (χ0) is 25.0. The lowest BCUT2D eigenvalue weighted by molar-refractivity contribution is -0.274. The summed E-state index contributed by atoms with van der Waals surface area (Å²) in [5, 5.41) is 0. The summed E-state index contributed by atoms with van der Waals surface area (Å²) in [6.07, 6.45) is -5.28. The van der Waals surface area contributed by atoms with Crippen LogP contribution in [0.1, 0.15) is 17.0 Å². The van der Waals surface area contributed by atoms with Crippen molar-refractivity contribution >= 4 is 17.2 Å². The average molecular weight is 513 g/mol. The van der Waals surface area contributed by atoms with Gasteiger partial charge >= 0.3 is 6.36 Å². The lowest BCUT2D eigenvalue weighted by Crippen LogP contribution is -2.49. The summed E-state index contributed by atoms with van der Waals surface area (Å²) < 4.78 is 91.3. The third-order valence-corrected chi connectivity index (χ3v) is 6.62. The normalized spacial score (nSPS) is 17.9. The Morgan fingerprint density at radius 3 is 1.97 bits per heavy atom. The third kappa shape index (κ3) is 6.85. The minimum atomic E-state index is -4.80. The van der Waals surface area contributed by atoms with Gasteiger partial charge in [-0.05, 0) is 59.7 Å². The highest BCUT2D eigenvalue weighted by molar-refractivity contribution is 7.90. The van der Waals surface area contributed by atoms with Gasteiger partial charge in [0.05, 0.1) is 31.5 Å². The van der Waals surface area contributed by atoms with E-state index in [0.29, 0.717) is 12.2 Å². The SMILES string of the molecule is [O-][S+](Nc1ccc(OC(F)(F)F)cc1)N1CCOC(C(c2ccc(F)cc2)c2ccc(F)cc2)C1. The topological polar surface area (TPSA) is 56.8 Å². The fourth-order valence-electron chi connectivity index (χ4n) is 3.85. The standard InChI is InChI=1S/C24H21F5N2O3S/c25-18-5-1-16(2-6-18)23(17-3-7-19(26)8-4-17)22-15-31(13-14-33-22)35(32)30-20-9-11-21(12-10-20)34-24(27,28)29/h1-12,22-23,30H,13-15H2. The molecule has 1 aliphatic rings. The number of hydrogen-bond donors (Lipinski definition) is 1. The summed E-state index contributed by atoms with van der Waals surface area (Å²) in [5.74, 6) is -1.55. The summed E-state index contributed by atoms with van der Waals surface area (Å²) in [6.45, 7) is 0.828. The van der Waals surface area contributed by atoms with Crippen molar-refractivity contribution in [2.24, 2.45) is 0 Å². The number of nitrogens with zero attached hydrogens (tertiary/aromatic N) is 1. The Balaban J connectivity index is 1.48. The van der Waals surface area contributed by atoms with E-state index >= 15 is 0 Å². The van der Waals surface area contributed by atoms with Gasteiger partial charge in [-0.2, -0.15) is 4.72 Å². The Labute approximate surface area is 201 Å². The average Bonchev–Trinajstić information content (AvgIpc) is 2.82. The van der Waals surface area contributed by atoms with Crippen molar-refractivity contribution in [2.75, 3.05) is 24.4 Å². The molecule has 0 aliphatic carbocycles. The zero-order valence-corrected chi connectivity index (χ0v) is 19.0. The second-order valence-electron chi connectivity index (χ2n) is 7.80. The van der Waals surface area contributed by atoms with Crippen molar-refractivity contribution in [3.05, 3.63) is 95.6 Å². The molecule has 4 rings (SSSR count). The van der Waals surface area contributed by atoms with Crippen LogP contribution in [0, 0.1) is 11.6 Å². The third-order valence-electron chi connectivity index (χ3n) is 5.41. The van der Waals surface area contributed by atoms with Crippen LogP contribution in [0.2, 0.25) is 0 Å². The van der Waals surface area contributed by atoms with E-state index in [0.717, 1.165) is 23.3 Å². The van der Waals surface area contributed by atoms with Crippen LogP contribution in [0.5, 0.6) is 5.75 Å². The quantitative estimate of drug-likeness (QED) is 0.340. The van der Waals surface area contributed by atoms with Crippen molar-refractivity contribution in [1.29, 1.82) is 0 Å². The molecule has 2 atom stereocenters. The molecule has 11 heteroatoms. The number of ether oxygens (including phenoxy) is 2. The van der Waals surface area contributed by atoms with Crippen LogP contribution in [0.4, 0.5) is 27.6 Å². The van der Waals surface area contributed by atoms with E-state index in [2.05, 4.69) is 9.46 Å². The lowest BCUT2D eigenvalue weighted by atomic mass is 9.86. The molecule has 1 saturated heterocycles. The van der Waals surface area contributed by atoms with Crippen molar-refractivity contribution in [3.8, 4) is 5.75 Å². The van der Waals surface area contributed by atoms with Crippen LogP contribution < -0.4 is 9.46 Å². The molecule has 0 bridgehead atoms. The Morgan fingerprint density at radius 1 is 0.914 bits per heavy atom. The number of halogens is 5. The van der Waals surface area contributed by atoms with Crippen LogP contribution in [0.3, 0.4) is 0 Å². The lowest BCUT2D eigenvalue weighted by Gasteiger charge is -2.36. The number of anilines is 1. The summed E-state index contributed by atoms with van der Waals surface area (Å²) >= 11 is -1.72. The van der Waals surface area contributed by atoms with Crippen molar-refractivity contribution < 1.29 is 36.0 Å². The van der Waals surface area contributed by atoms with E-state index < -0.39 is 35.6 Å². The predicted molar refractivity (Wildman–Crippen MR) is 121 cm³/mol. The maximum Gasteiger partial charge on any atom is 0.573 e. The van der Waals surface area contributed by atoms with E-state index in [4.69, 9.17) is 4.74 Å². The Morgan fingerprint density at radius 2 is 1.46 bits per heavy atom. The first kappa shape index (κ1) is 25.2. The summed E-state index contributed by atoms with van der Waals surface area (Å²) in [7, 11) is 0. The molecule has 186 valence electrons. The van der Waals surface area contributed by atoms with Crippen molar-refractivity contribution in [2.45, 2.75) is 18.4 Å². The molecule has 0 radical (unpaired) electrons. The number of rotatable bonds is 7. The second-order valence-corrected chi connectivity index (χ2v) is 9.02. The summed E-state index contributed by atoms with van der Waals surface area (Å²) in [5.41, 5.74) is 1.85. The number of hydrogen-bond acceptors (Lipinski definition) is 5. The van der Waals surface area contributed by atoms with Gasteiger partial charge in [-0.3, -0.25) is 0 Å². The molecule has 1 heterocycles. The van der Waals surface area contributed by atoms with Crippen LogP contribution >= 0.6 is 0 Å². The fraction of sp³-hybridized carbons (Fsp3) is 0.250. The smallest absolute Gasteiger partial charge is 0.573 e. The van der Waals surface area contributed by atoms with E-state index in [9.17, 15) is 26.5 Å². The predicted octanol–water partition coefficient (Wildman–Crippen LogP) is 5.39. The van der Waals surface area contributed by atoms with Crippen LogP contribution in [-0.4, -0.2) is 41.0 Å². The number of nitrogens with one attached hydrogen (secondary N) is 1. The van der Waals surface area contributed by atoms with Gasteiger partial charge < -0.3 is 14.0 Å². The van der Waals surface area contributed by atoms with Gasteiger partial charge in [0, 0.05) is 5.92 Å². The molecule has 2 unspecified atom stereocenters. The van der Waals surface area contributed by atoms with Gasteiger partial charge in [0.1, 0.15) is 17.4 Å². The molecule has 1 fully saturated rings. The summed E-state index contributed by atoms with van der Waals surface area (Å²) in [6, 6.07) is 16.7. The molecule has 0 saturated carbocycles. The molecule has 5 nitrogen and oxygen atoms in total. The Bertz CT molecular complexity index is 1050. The second kappa shape index (κ2) is 10.8. The van der Waals surface area contributed by atoms with Crippen LogP contribution in [0.25, 0.3) is 0 Å². The minimum absolute atomic E-state index is 0.230. The number of alkyl halides is 3. The van der Waals surface area contributed by atoms with E-state index in [-0.39, 0.29) is 24.8 Å². The van der Waals surface area contributed by atoms with E-state index in [1.165, 1.54) is 36.4 Å². The number of benzene rings is 3. The van der Waals surface area contributed by atoms with Gasteiger partial charge in [0.25, 0.3) is 0 Å². The maximum absolute atomic E-state index is 13.5. The molecular weight excluding hydrogens is 491 g/mol. The van der Waals surface area contributed by atoms with E-state index in [1.807, 2.05) is 0 Å². The highest BCUT2D eigenvalue weighted by Gasteiger charge is 2.36. The van der Waals surface area contributed by atoms with Gasteiger partial charge in [0.2, 0.25) is 0 Å². The Hall–Kier alpha value is -2.86. The molecule has 3 aromatic rings. The molecular formula is C24H21F5N2O3S. The highest BCUT2D eigenvalue weighted by atomic mass is 32.2. The maximum atomic E-state index is 13.5. The molecule has 3 aromatic carbocycles. The Kier molecular flexibility index (Phi) is 7.80. The molecule has 1 N–H and O–H groups in total. The van der Waals surface area contributed by atoms with E-state index in [1.54, 1.807) is 28.6 Å². The van der Waals surface area contributed by atoms with Gasteiger partial charge in [-0.25, -0.2) is 8.78 Å². The first-order valence-corrected chi connectivity index (χ1v) is 11.7. The molecule has 35 heavy (non-hydrogen) atoms. The number of morpholine rings is 1. The van der Waals surface area contributed by atoms with Crippen LogP contribution in [0.15, 0.2) is 72.8 Å². The van der Waals surface area contributed by atoms with Crippen LogP contribution in [-0.2, 0) is 16.3 Å². The monoisotopic (exact) mass is 512 g/mol. The van der Waals surface area contributed by atoms with Gasteiger partial charge in [-0.15, -0.1) is 13.2 Å². The first-order valence-electron chi connectivity index (χ1n) is 10.6. The van der Waals surface area contributed by atoms with Gasteiger partial charge in [-0.1, -0.05) is 28.6 Å².